The zero-order chi connectivity index (χ0) is 14.8. The SMILES string of the molecule is CC(C)C1CCN(Cc2ccc(N)c3cccnc23)CC1. The number of anilines is 1. The molecule has 3 rings (SSSR count). The van der Waals surface area contributed by atoms with Crippen molar-refractivity contribution in [2.45, 2.75) is 33.2 Å². The highest BCUT2D eigenvalue weighted by Gasteiger charge is 2.22. The van der Waals surface area contributed by atoms with Gasteiger partial charge in [-0.1, -0.05) is 19.9 Å². The van der Waals surface area contributed by atoms with Gasteiger partial charge in [0, 0.05) is 23.8 Å². The summed E-state index contributed by atoms with van der Waals surface area (Å²) in [5.74, 6) is 1.70. The molecule has 2 heterocycles. The highest BCUT2D eigenvalue weighted by molar-refractivity contribution is 5.92. The van der Waals surface area contributed by atoms with Crippen LogP contribution in [0.4, 0.5) is 5.69 Å². The molecule has 0 spiro atoms. The lowest BCUT2D eigenvalue weighted by Crippen LogP contribution is -2.34. The maximum atomic E-state index is 6.06. The van der Waals surface area contributed by atoms with Crippen molar-refractivity contribution in [3.63, 3.8) is 0 Å². The Morgan fingerprint density at radius 2 is 2.00 bits per heavy atom. The van der Waals surface area contributed by atoms with E-state index in [0.29, 0.717) is 0 Å². The van der Waals surface area contributed by atoms with Gasteiger partial charge < -0.3 is 5.73 Å². The lowest BCUT2D eigenvalue weighted by Gasteiger charge is -2.34. The number of benzene rings is 1. The number of likely N-dealkylation sites (tertiary alicyclic amines) is 1. The monoisotopic (exact) mass is 283 g/mol. The van der Waals surface area contributed by atoms with Gasteiger partial charge in [-0.15, -0.1) is 0 Å². The molecule has 2 aromatic rings. The minimum atomic E-state index is 0.811. The number of hydrogen-bond acceptors (Lipinski definition) is 3. The zero-order valence-electron chi connectivity index (χ0n) is 13.0. The van der Waals surface area contributed by atoms with E-state index in [0.717, 1.165) is 35.0 Å². The smallest absolute Gasteiger partial charge is 0.0767 e. The van der Waals surface area contributed by atoms with E-state index < -0.39 is 0 Å². The van der Waals surface area contributed by atoms with Gasteiger partial charge in [-0.25, -0.2) is 0 Å². The summed E-state index contributed by atoms with van der Waals surface area (Å²) in [6, 6.07) is 8.17. The molecule has 112 valence electrons. The summed E-state index contributed by atoms with van der Waals surface area (Å²) in [6.45, 7) is 8.07. The Kier molecular flexibility index (Phi) is 4.11. The van der Waals surface area contributed by atoms with E-state index in [1.165, 1.54) is 31.5 Å². The molecular weight excluding hydrogens is 258 g/mol. The van der Waals surface area contributed by atoms with Gasteiger partial charge in [0.1, 0.15) is 0 Å². The first kappa shape index (κ1) is 14.3. The number of fused-ring (bicyclic) bond motifs is 1. The molecule has 3 nitrogen and oxygen atoms in total. The molecule has 0 radical (unpaired) electrons. The average molecular weight is 283 g/mol. The summed E-state index contributed by atoms with van der Waals surface area (Å²) in [6.07, 6.45) is 4.49. The Morgan fingerprint density at radius 3 is 2.71 bits per heavy atom. The van der Waals surface area contributed by atoms with Crippen molar-refractivity contribution in [2.24, 2.45) is 11.8 Å². The first-order valence-electron chi connectivity index (χ1n) is 7.99. The van der Waals surface area contributed by atoms with Crippen LogP contribution in [0.25, 0.3) is 10.9 Å². The van der Waals surface area contributed by atoms with Crippen LogP contribution in [0.1, 0.15) is 32.3 Å². The van der Waals surface area contributed by atoms with Crippen LogP contribution < -0.4 is 5.73 Å². The van der Waals surface area contributed by atoms with Crippen LogP contribution >= 0.6 is 0 Å². The van der Waals surface area contributed by atoms with Gasteiger partial charge in [0.2, 0.25) is 0 Å². The molecule has 1 aromatic carbocycles. The molecule has 1 aliphatic heterocycles. The van der Waals surface area contributed by atoms with Gasteiger partial charge in [0.15, 0.2) is 0 Å². The molecule has 1 fully saturated rings. The third kappa shape index (κ3) is 3.03. The lowest BCUT2D eigenvalue weighted by molar-refractivity contribution is 0.152. The second-order valence-corrected chi connectivity index (χ2v) is 6.57. The van der Waals surface area contributed by atoms with E-state index in [4.69, 9.17) is 5.73 Å². The topological polar surface area (TPSA) is 42.1 Å². The van der Waals surface area contributed by atoms with Gasteiger partial charge in [-0.2, -0.15) is 0 Å². The molecule has 1 aliphatic rings. The number of piperidine rings is 1. The van der Waals surface area contributed by atoms with E-state index in [1.807, 2.05) is 18.3 Å². The van der Waals surface area contributed by atoms with Gasteiger partial charge >= 0.3 is 0 Å². The van der Waals surface area contributed by atoms with Crippen molar-refractivity contribution in [2.75, 3.05) is 18.8 Å². The van der Waals surface area contributed by atoms with Crippen LogP contribution in [0, 0.1) is 11.8 Å². The van der Waals surface area contributed by atoms with Crippen molar-refractivity contribution < 1.29 is 0 Å². The highest BCUT2D eigenvalue weighted by Crippen LogP contribution is 2.27. The molecule has 0 bridgehead atoms. The summed E-state index contributed by atoms with van der Waals surface area (Å²) >= 11 is 0. The molecule has 0 aliphatic carbocycles. The Hall–Kier alpha value is -1.61. The molecule has 2 N–H and O–H groups in total. The third-order valence-electron chi connectivity index (χ3n) is 4.86. The van der Waals surface area contributed by atoms with Gasteiger partial charge in [-0.05, 0) is 61.5 Å². The fourth-order valence-corrected chi connectivity index (χ4v) is 3.40. The Morgan fingerprint density at radius 1 is 1.24 bits per heavy atom. The third-order valence-corrected chi connectivity index (χ3v) is 4.86. The molecule has 0 atom stereocenters. The number of pyridine rings is 1. The lowest BCUT2D eigenvalue weighted by atomic mass is 9.86. The second-order valence-electron chi connectivity index (χ2n) is 6.57. The van der Waals surface area contributed by atoms with Crippen LogP contribution in [-0.4, -0.2) is 23.0 Å². The van der Waals surface area contributed by atoms with Crippen molar-refractivity contribution in [1.29, 1.82) is 0 Å². The van der Waals surface area contributed by atoms with E-state index in [9.17, 15) is 0 Å². The predicted octanol–water partition coefficient (Wildman–Crippen LogP) is 3.69. The molecule has 1 saturated heterocycles. The Bertz CT molecular complexity index is 613. The maximum Gasteiger partial charge on any atom is 0.0767 e. The number of rotatable bonds is 3. The number of nitrogen functional groups attached to an aromatic ring is 1. The molecule has 0 unspecified atom stereocenters. The standard InChI is InChI=1S/C18H25N3/c1-13(2)14-7-10-21(11-8-14)12-15-5-6-17(19)16-4-3-9-20-18(15)16/h3-6,9,13-14H,7-8,10-12,19H2,1-2H3. The maximum absolute atomic E-state index is 6.06. The van der Waals surface area contributed by atoms with E-state index in [-0.39, 0.29) is 0 Å². The van der Waals surface area contributed by atoms with Gasteiger partial charge in [-0.3, -0.25) is 9.88 Å². The number of hydrogen-bond donors (Lipinski definition) is 1. The predicted molar refractivity (Wildman–Crippen MR) is 89.0 cm³/mol. The average Bonchev–Trinajstić information content (AvgIpc) is 2.51. The molecule has 0 amide bonds. The fraction of sp³-hybridized carbons (Fsp3) is 0.500. The Balaban J connectivity index is 1.76. The van der Waals surface area contributed by atoms with E-state index in [2.05, 4.69) is 35.9 Å². The summed E-state index contributed by atoms with van der Waals surface area (Å²) in [5, 5.41) is 1.08. The molecule has 0 saturated carbocycles. The molecule has 3 heteroatoms. The quantitative estimate of drug-likeness (QED) is 0.874. The number of nitrogens with two attached hydrogens (primary N) is 1. The summed E-state index contributed by atoms with van der Waals surface area (Å²) in [4.78, 5) is 7.10. The van der Waals surface area contributed by atoms with Crippen LogP contribution in [0.15, 0.2) is 30.5 Å². The van der Waals surface area contributed by atoms with Gasteiger partial charge in [0.25, 0.3) is 0 Å². The Labute approximate surface area is 127 Å². The minimum absolute atomic E-state index is 0.811. The fourth-order valence-electron chi connectivity index (χ4n) is 3.40. The molecule has 21 heavy (non-hydrogen) atoms. The minimum Gasteiger partial charge on any atom is -0.398 e. The van der Waals surface area contributed by atoms with E-state index in [1.54, 1.807) is 0 Å². The molecular formula is C18H25N3. The summed E-state index contributed by atoms with van der Waals surface area (Å²) in [7, 11) is 0. The number of aromatic nitrogens is 1. The normalized spacial score (nSPS) is 17.7. The first-order valence-corrected chi connectivity index (χ1v) is 7.99. The van der Waals surface area contributed by atoms with Crippen LogP contribution in [0.3, 0.4) is 0 Å². The first-order chi connectivity index (χ1) is 10.1. The largest absolute Gasteiger partial charge is 0.398 e. The van der Waals surface area contributed by atoms with Crippen molar-refractivity contribution in [1.82, 2.24) is 9.88 Å². The van der Waals surface area contributed by atoms with Gasteiger partial charge in [0.05, 0.1) is 5.52 Å². The number of nitrogens with zero attached hydrogens (tertiary/aromatic N) is 2. The van der Waals surface area contributed by atoms with Crippen molar-refractivity contribution in [3.05, 3.63) is 36.0 Å². The van der Waals surface area contributed by atoms with Crippen LogP contribution in [-0.2, 0) is 6.54 Å². The van der Waals surface area contributed by atoms with Crippen molar-refractivity contribution >= 4 is 16.6 Å². The highest BCUT2D eigenvalue weighted by atomic mass is 15.1. The summed E-state index contributed by atoms with van der Waals surface area (Å²) < 4.78 is 0. The van der Waals surface area contributed by atoms with Crippen LogP contribution in [0.5, 0.6) is 0 Å². The van der Waals surface area contributed by atoms with E-state index >= 15 is 0 Å². The second kappa shape index (κ2) is 6.02. The van der Waals surface area contributed by atoms with Crippen LogP contribution in [0.2, 0.25) is 0 Å². The van der Waals surface area contributed by atoms with Crippen molar-refractivity contribution in [3.8, 4) is 0 Å². The molecule has 1 aromatic heterocycles. The summed E-state index contributed by atoms with van der Waals surface area (Å²) in [5.41, 5.74) is 9.23. The zero-order valence-corrected chi connectivity index (χ0v) is 13.0.